The zero-order chi connectivity index (χ0) is 30.3. The van der Waals surface area contributed by atoms with Gasteiger partial charge in [-0.15, -0.1) is 0 Å². The van der Waals surface area contributed by atoms with E-state index < -0.39 is 28.5 Å². The van der Waals surface area contributed by atoms with Crippen molar-refractivity contribution >= 4 is 27.5 Å². The Bertz CT molecular complexity index is 1640. The fourth-order valence-corrected chi connectivity index (χ4v) is 6.46. The third-order valence-corrected chi connectivity index (χ3v) is 9.18. The molecular formula is C34H37N3O4S. The first kappa shape index (κ1) is 30.5. The van der Waals surface area contributed by atoms with Crippen molar-refractivity contribution in [3.63, 3.8) is 0 Å². The minimum atomic E-state index is -4.13. The van der Waals surface area contributed by atoms with Gasteiger partial charge in [-0.2, -0.15) is 0 Å². The van der Waals surface area contributed by atoms with Crippen LogP contribution in [0.25, 0.3) is 0 Å². The van der Waals surface area contributed by atoms with E-state index in [9.17, 15) is 18.0 Å². The Balaban J connectivity index is 1.81. The fraction of sp³-hybridized carbons (Fsp3) is 0.235. The van der Waals surface area contributed by atoms with E-state index in [2.05, 4.69) is 5.32 Å². The van der Waals surface area contributed by atoms with E-state index in [1.807, 2.05) is 81.4 Å². The van der Waals surface area contributed by atoms with E-state index in [1.54, 1.807) is 30.3 Å². The molecule has 4 aromatic rings. The summed E-state index contributed by atoms with van der Waals surface area (Å²) in [6, 6.07) is 29.8. The van der Waals surface area contributed by atoms with E-state index >= 15 is 0 Å². The number of nitrogens with zero attached hydrogens (tertiary/aromatic N) is 2. The smallest absolute Gasteiger partial charge is 0.264 e. The summed E-state index contributed by atoms with van der Waals surface area (Å²) in [5.41, 5.74) is 4.82. The van der Waals surface area contributed by atoms with Gasteiger partial charge in [-0.1, -0.05) is 90.5 Å². The van der Waals surface area contributed by atoms with Crippen LogP contribution in [0.5, 0.6) is 0 Å². The lowest BCUT2D eigenvalue weighted by molar-refractivity contribution is -0.139. The number of amides is 2. The van der Waals surface area contributed by atoms with E-state index in [-0.39, 0.29) is 23.8 Å². The maximum Gasteiger partial charge on any atom is 0.264 e. The van der Waals surface area contributed by atoms with Crippen LogP contribution in [0.1, 0.15) is 27.8 Å². The first-order valence-electron chi connectivity index (χ1n) is 13.9. The molecule has 7 nitrogen and oxygen atoms in total. The van der Waals surface area contributed by atoms with Crippen LogP contribution in [0, 0.1) is 20.8 Å². The monoisotopic (exact) mass is 583 g/mol. The number of nitrogens with one attached hydrogen (secondary N) is 1. The second kappa shape index (κ2) is 13.5. The van der Waals surface area contributed by atoms with E-state index in [4.69, 9.17) is 0 Å². The zero-order valence-corrected chi connectivity index (χ0v) is 25.3. The first-order chi connectivity index (χ1) is 20.1. The third-order valence-electron chi connectivity index (χ3n) is 7.41. The molecule has 2 amide bonds. The number of likely N-dealkylation sites (N-methyl/N-ethyl adjacent to an activating group) is 1. The quantitative estimate of drug-likeness (QED) is 0.263. The van der Waals surface area contributed by atoms with Crippen molar-refractivity contribution in [1.29, 1.82) is 0 Å². The number of benzene rings is 4. The third kappa shape index (κ3) is 7.06. The van der Waals surface area contributed by atoms with Crippen molar-refractivity contribution in [2.24, 2.45) is 0 Å². The maximum absolute atomic E-state index is 14.4. The van der Waals surface area contributed by atoms with Gasteiger partial charge in [0.2, 0.25) is 11.8 Å². The first-order valence-corrected chi connectivity index (χ1v) is 15.3. The molecule has 1 atom stereocenters. The molecule has 0 unspecified atom stereocenters. The van der Waals surface area contributed by atoms with Gasteiger partial charge in [-0.25, -0.2) is 8.42 Å². The van der Waals surface area contributed by atoms with Gasteiger partial charge in [0.15, 0.2) is 0 Å². The molecule has 0 aromatic heterocycles. The average Bonchev–Trinajstić information content (AvgIpc) is 2.99. The second-order valence-corrected chi connectivity index (χ2v) is 12.2. The Kier molecular flexibility index (Phi) is 9.80. The van der Waals surface area contributed by atoms with E-state index in [0.29, 0.717) is 5.69 Å². The molecule has 0 aliphatic carbocycles. The summed E-state index contributed by atoms with van der Waals surface area (Å²) in [4.78, 5) is 29.3. The highest BCUT2D eigenvalue weighted by atomic mass is 32.2. The lowest BCUT2D eigenvalue weighted by Crippen LogP contribution is -2.53. The van der Waals surface area contributed by atoms with Crippen LogP contribution in [-0.4, -0.2) is 44.8 Å². The molecule has 42 heavy (non-hydrogen) atoms. The summed E-state index contributed by atoms with van der Waals surface area (Å²) in [5, 5.41) is 2.71. The molecule has 0 heterocycles. The number of hydrogen-bond donors (Lipinski definition) is 1. The van der Waals surface area contributed by atoms with Gasteiger partial charge in [-0.3, -0.25) is 13.9 Å². The topological polar surface area (TPSA) is 86.8 Å². The minimum Gasteiger partial charge on any atom is -0.357 e. The van der Waals surface area contributed by atoms with Crippen LogP contribution in [0.2, 0.25) is 0 Å². The summed E-state index contributed by atoms with van der Waals surface area (Å²) < 4.78 is 29.3. The Labute approximate surface area is 248 Å². The molecule has 0 radical (unpaired) electrons. The number of hydrogen-bond acceptors (Lipinski definition) is 4. The van der Waals surface area contributed by atoms with Crippen LogP contribution in [0.15, 0.2) is 108 Å². The number of aryl methyl sites for hydroxylation is 2. The summed E-state index contributed by atoms with van der Waals surface area (Å²) in [7, 11) is -2.59. The predicted molar refractivity (Wildman–Crippen MR) is 167 cm³/mol. The fourth-order valence-electron chi connectivity index (χ4n) is 4.97. The molecule has 0 aliphatic rings. The number of rotatable bonds is 11. The number of anilines is 1. The molecule has 1 N–H and O–H groups in total. The van der Waals surface area contributed by atoms with Crippen molar-refractivity contribution in [3.8, 4) is 0 Å². The Morgan fingerprint density at radius 2 is 1.40 bits per heavy atom. The van der Waals surface area contributed by atoms with Gasteiger partial charge in [0.1, 0.15) is 12.6 Å². The highest BCUT2D eigenvalue weighted by Gasteiger charge is 2.34. The predicted octanol–water partition coefficient (Wildman–Crippen LogP) is 5.19. The van der Waals surface area contributed by atoms with E-state index in [0.717, 1.165) is 27.8 Å². The Morgan fingerprint density at radius 1 is 0.786 bits per heavy atom. The van der Waals surface area contributed by atoms with Gasteiger partial charge in [0.25, 0.3) is 10.0 Å². The van der Waals surface area contributed by atoms with Crippen molar-refractivity contribution in [3.05, 3.63) is 131 Å². The largest absolute Gasteiger partial charge is 0.357 e. The molecule has 4 rings (SSSR count). The summed E-state index contributed by atoms with van der Waals surface area (Å²) in [6.07, 6.45) is 0.271. The normalized spacial score (nSPS) is 11.9. The van der Waals surface area contributed by atoms with Crippen LogP contribution in [0.3, 0.4) is 0 Å². The zero-order valence-electron chi connectivity index (χ0n) is 24.4. The maximum atomic E-state index is 14.4. The average molecular weight is 584 g/mol. The molecule has 0 bridgehead atoms. The van der Waals surface area contributed by atoms with E-state index in [1.165, 1.54) is 28.4 Å². The van der Waals surface area contributed by atoms with Crippen LogP contribution >= 0.6 is 0 Å². The van der Waals surface area contributed by atoms with Crippen molar-refractivity contribution in [2.45, 2.75) is 44.7 Å². The molecule has 0 spiro atoms. The van der Waals surface area contributed by atoms with Gasteiger partial charge >= 0.3 is 0 Å². The number of carbonyl (C=O) groups excluding carboxylic acids is 2. The SMILES string of the molecule is CNC(=O)[C@H](Cc1ccccc1)N(Cc1cccc(C)c1)C(=O)CN(c1cccc(C)c1C)S(=O)(=O)c1ccccc1. The van der Waals surface area contributed by atoms with Crippen molar-refractivity contribution < 1.29 is 18.0 Å². The lowest BCUT2D eigenvalue weighted by Gasteiger charge is -2.34. The molecule has 8 heteroatoms. The molecule has 0 aliphatic heterocycles. The van der Waals surface area contributed by atoms with Crippen LogP contribution in [0.4, 0.5) is 5.69 Å². The standard InChI is InChI=1S/C34H37N3O4S/c1-25-13-11-17-29(21-25)23-36(32(34(39)35-4)22-28-15-7-5-8-16-28)33(38)24-37(31-20-12-14-26(2)27(31)3)42(40,41)30-18-9-6-10-19-30/h5-21,32H,22-24H2,1-4H3,(H,35,39)/t32-/m0/s1. The molecule has 0 saturated heterocycles. The molecular weight excluding hydrogens is 546 g/mol. The Hall–Kier alpha value is -4.43. The Morgan fingerprint density at radius 3 is 2.05 bits per heavy atom. The molecule has 218 valence electrons. The van der Waals surface area contributed by atoms with Gasteiger partial charge in [-0.05, 0) is 61.2 Å². The van der Waals surface area contributed by atoms with Crippen molar-refractivity contribution in [1.82, 2.24) is 10.2 Å². The second-order valence-electron chi connectivity index (χ2n) is 10.4. The molecule has 0 fully saturated rings. The summed E-state index contributed by atoms with van der Waals surface area (Å²) in [6.45, 7) is 5.37. The van der Waals surface area contributed by atoms with Gasteiger partial charge < -0.3 is 10.2 Å². The molecule has 0 saturated carbocycles. The summed E-state index contributed by atoms with van der Waals surface area (Å²) >= 11 is 0. The summed E-state index contributed by atoms with van der Waals surface area (Å²) in [5.74, 6) is -0.814. The van der Waals surface area contributed by atoms with Gasteiger partial charge in [0, 0.05) is 20.0 Å². The minimum absolute atomic E-state index is 0.0797. The highest BCUT2D eigenvalue weighted by Crippen LogP contribution is 2.29. The molecule has 4 aromatic carbocycles. The number of carbonyl (C=O) groups is 2. The lowest BCUT2D eigenvalue weighted by atomic mass is 10.0. The number of sulfonamides is 1. The van der Waals surface area contributed by atoms with Gasteiger partial charge in [0.05, 0.1) is 10.6 Å². The van der Waals surface area contributed by atoms with Crippen LogP contribution in [-0.2, 0) is 32.6 Å². The van der Waals surface area contributed by atoms with Crippen LogP contribution < -0.4 is 9.62 Å². The highest BCUT2D eigenvalue weighted by molar-refractivity contribution is 7.92. The van der Waals surface area contributed by atoms with Crippen molar-refractivity contribution in [2.75, 3.05) is 17.9 Å².